The van der Waals surface area contributed by atoms with E-state index in [0.29, 0.717) is 30.9 Å². The van der Waals surface area contributed by atoms with Gasteiger partial charge < -0.3 is 14.5 Å². The number of sulfonamides is 1. The number of carbonyl (C=O) groups excluding carboxylic acids is 1. The first-order valence-corrected chi connectivity index (χ1v) is 12.5. The van der Waals surface area contributed by atoms with Crippen molar-refractivity contribution in [1.82, 2.24) is 19.8 Å². The molecule has 1 aromatic carbocycles. The molecular formula is C23H28N4O5S. The lowest BCUT2D eigenvalue weighted by atomic mass is 9.96. The highest BCUT2D eigenvalue weighted by atomic mass is 32.2. The van der Waals surface area contributed by atoms with Crippen LogP contribution in [-0.2, 0) is 14.8 Å². The molecule has 3 aromatic rings. The van der Waals surface area contributed by atoms with E-state index in [-0.39, 0.29) is 36.0 Å². The molecule has 1 atom stereocenters. The lowest BCUT2D eigenvalue weighted by Crippen LogP contribution is -2.43. The third-order valence-corrected chi connectivity index (χ3v) is 7.59. The van der Waals surface area contributed by atoms with E-state index in [1.807, 2.05) is 38.1 Å². The summed E-state index contributed by atoms with van der Waals surface area (Å²) in [5.41, 5.74) is 1.59. The Balaban J connectivity index is 1.32. The van der Waals surface area contributed by atoms with E-state index in [1.165, 1.54) is 10.4 Å². The topological polar surface area (TPSA) is 118 Å². The van der Waals surface area contributed by atoms with Crippen molar-refractivity contribution in [3.63, 3.8) is 0 Å². The van der Waals surface area contributed by atoms with Crippen LogP contribution in [0.1, 0.15) is 38.3 Å². The van der Waals surface area contributed by atoms with Crippen LogP contribution in [0.2, 0.25) is 0 Å². The summed E-state index contributed by atoms with van der Waals surface area (Å²) in [7, 11) is -3.77. The number of benzene rings is 1. The van der Waals surface area contributed by atoms with Crippen molar-refractivity contribution in [3.05, 3.63) is 54.2 Å². The fourth-order valence-corrected chi connectivity index (χ4v) is 5.30. The summed E-state index contributed by atoms with van der Waals surface area (Å²) >= 11 is 0. The first-order chi connectivity index (χ1) is 15.9. The van der Waals surface area contributed by atoms with E-state index in [1.54, 1.807) is 18.3 Å². The molecule has 0 spiro atoms. The molecule has 1 aliphatic heterocycles. The van der Waals surface area contributed by atoms with Crippen molar-refractivity contribution in [1.29, 1.82) is 0 Å². The summed E-state index contributed by atoms with van der Waals surface area (Å²) in [5.74, 6) is 0.900. The number of furan rings is 1. The van der Waals surface area contributed by atoms with Gasteiger partial charge in [-0.15, -0.1) is 0 Å². The number of ether oxygens (including phenoxy) is 1. The number of rotatable bonds is 8. The number of hydrogen-bond acceptors (Lipinski definition) is 6. The van der Waals surface area contributed by atoms with Gasteiger partial charge in [0.15, 0.2) is 5.76 Å². The maximum atomic E-state index is 13.0. The fourth-order valence-electron chi connectivity index (χ4n) is 3.92. The van der Waals surface area contributed by atoms with Gasteiger partial charge in [0.2, 0.25) is 11.0 Å². The van der Waals surface area contributed by atoms with Crippen molar-refractivity contribution in [2.45, 2.75) is 37.8 Å². The average Bonchev–Trinajstić information content (AvgIpc) is 3.52. The lowest BCUT2D eigenvalue weighted by molar-refractivity contribution is -0.126. The Morgan fingerprint density at radius 2 is 1.94 bits per heavy atom. The van der Waals surface area contributed by atoms with Crippen LogP contribution in [0.15, 0.2) is 58.2 Å². The first-order valence-electron chi connectivity index (χ1n) is 11.0. The number of nitrogens with zero attached hydrogens (tertiary/aromatic N) is 2. The molecule has 2 N–H and O–H groups in total. The molecule has 9 nitrogen and oxygen atoms in total. The maximum absolute atomic E-state index is 13.0. The Labute approximate surface area is 193 Å². The van der Waals surface area contributed by atoms with Gasteiger partial charge in [-0.2, -0.15) is 9.40 Å². The molecule has 0 bridgehead atoms. The lowest BCUT2D eigenvalue weighted by Gasteiger charge is -2.30. The number of hydrogen-bond donors (Lipinski definition) is 2. The van der Waals surface area contributed by atoms with E-state index in [9.17, 15) is 13.2 Å². The van der Waals surface area contributed by atoms with Crippen molar-refractivity contribution < 1.29 is 22.4 Å². The summed E-state index contributed by atoms with van der Waals surface area (Å²) in [6.07, 6.45) is 2.48. The second kappa shape index (κ2) is 9.80. The normalized spacial score (nSPS) is 16.4. The summed E-state index contributed by atoms with van der Waals surface area (Å²) in [5, 5.41) is 9.53. The first kappa shape index (κ1) is 23.1. The smallest absolute Gasteiger partial charge is 0.276 e. The molecule has 10 heteroatoms. The maximum Gasteiger partial charge on any atom is 0.276 e. The predicted octanol–water partition coefficient (Wildman–Crippen LogP) is 3.35. The minimum Gasteiger partial charge on any atom is -0.494 e. The molecule has 4 rings (SSSR count). The molecule has 2 aromatic heterocycles. The number of nitrogens with one attached hydrogen (secondary N) is 2. The zero-order valence-electron chi connectivity index (χ0n) is 18.7. The molecule has 1 fully saturated rings. The summed E-state index contributed by atoms with van der Waals surface area (Å²) in [6.45, 7) is 4.99. The Kier molecular flexibility index (Phi) is 6.85. The number of amides is 1. The zero-order valence-corrected chi connectivity index (χ0v) is 19.5. The number of aromatic amines is 1. The van der Waals surface area contributed by atoms with Crippen LogP contribution in [0.3, 0.4) is 0 Å². The Hall–Kier alpha value is -3.11. The monoisotopic (exact) mass is 472 g/mol. The highest BCUT2D eigenvalue weighted by Gasteiger charge is 2.34. The predicted molar refractivity (Wildman–Crippen MR) is 122 cm³/mol. The van der Waals surface area contributed by atoms with Gasteiger partial charge in [0.25, 0.3) is 10.0 Å². The van der Waals surface area contributed by atoms with Gasteiger partial charge in [-0.3, -0.25) is 9.89 Å². The van der Waals surface area contributed by atoms with Crippen LogP contribution in [0.4, 0.5) is 0 Å². The van der Waals surface area contributed by atoms with E-state index in [4.69, 9.17) is 9.15 Å². The SMILES string of the molecule is CCOc1ccc([C@@H](C)NC(=O)C2CCN(S(=O)(=O)c3ccc(-c4ccn[nH]4)o3)CC2)cc1. The quantitative estimate of drug-likeness (QED) is 0.519. The summed E-state index contributed by atoms with van der Waals surface area (Å²) in [6, 6.07) is 12.2. The third-order valence-electron chi connectivity index (χ3n) is 5.82. The molecule has 1 aliphatic rings. The third kappa shape index (κ3) is 5.12. The van der Waals surface area contributed by atoms with Gasteiger partial charge in [0.1, 0.15) is 11.4 Å². The Morgan fingerprint density at radius 1 is 1.21 bits per heavy atom. The van der Waals surface area contributed by atoms with Crippen LogP contribution < -0.4 is 10.1 Å². The van der Waals surface area contributed by atoms with Crippen molar-refractivity contribution in [2.24, 2.45) is 5.92 Å². The fraction of sp³-hybridized carbons (Fsp3) is 0.391. The largest absolute Gasteiger partial charge is 0.494 e. The molecule has 0 aliphatic carbocycles. The van der Waals surface area contributed by atoms with Crippen molar-refractivity contribution >= 4 is 15.9 Å². The molecule has 3 heterocycles. The molecule has 0 saturated carbocycles. The van der Waals surface area contributed by atoms with E-state index < -0.39 is 10.0 Å². The number of aromatic nitrogens is 2. The highest BCUT2D eigenvalue weighted by Crippen LogP contribution is 2.28. The molecule has 0 unspecified atom stereocenters. The molecule has 1 saturated heterocycles. The van der Waals surface area contributed by atoms with Gasteiger partial charge >= 0.3 is 0 Å². The second-order valence-corrected chi connectivity index (χ2v) is 9.87. The number of carbonyl (C=O) groups is 1. The van der Waals surface area contributed by atoms with Crippen LogP contribution in [-0.4, -0.2) is 48.5 Å². The summed E-state index contributed by atoms with van der Waals surface area (Å²) < 4.78 is 38.3. The average molecular weight is 473 g/mol. The van der Waals surface area contributed by atoms with Gasteiger partial charge in [0.05, 0.1) is 12.6 Å². The number of piperidine rings is 1. The Morgan fingerprint density at radius 3 is 2.58 bits per heavy atom. The standard InChI is InChI=1S/C23H28N4O5S/c1-3-31-19-6-4-17(5-7-19)16(2)25-23(28)18-11-14-27(15-12-18)33(29,30)22-9-8-21(32-22)20-10-13-24-26-20/h4-10,13,16,18H,3,11-12,14-15H2,1-2H3,(H,24,26)(H,25,28)/t16-/m1/s1. The van der Waals surface area contributed by atoms with Gasteiger partial charge in [-0.1, -0.05) is 12.1 Å². The Bertz CT molecular complexity index is 1160. The summed E-state index contributed by atoms with van der Waals surface area (Å²) in [4.78, 5) is 12.8. The van der Waals surface area contributed by atoms with Crippen LogP contribution in [0.25, 0.3) is 11.5 Å². The van der Waals surface area contributed by atoms with Gasteiger partial charge in [-0.25, -0.2) is 8.42 Å². The van der Waals surface area contributed by atoms with Crippen LogP contribution in [0.5, 0.6) is 5.75 Å². The minimum atomic E-state index is -3.77. The molecule has 176 valence electrons. The van der Waals surface area contributed by atoms with Crippen molar-refractivity contribution in [2.75, 3.05) is 19.7 Å². The minimum absolute atomic E-state index is 0.0621. The van der Waals surface area contributed by atoms with Crippen LogP contribution in [0, 0.1) is 5.92 Å². The van der Waals surface area contributed by atoms with E-state index in [0.717, 1.165) is 11.3 Å². The molecular weight excluding hydrogens is 444 g/mol. The molecule has 1 amide bonds. The molecule has 0 radical (unpaired) electrons. The second-order valence-electron chi connectivity index (χ2n) is 8.00. The zero-order chi connectivity index (χ0) is 23.4. The van der Waals surface area contributed by atoms with Gasteiger partial charge in [0, 0.05) is 25.2 Å². The van der Waals surface area contributed by atoms with Gasteiger partial charge in [-0.05, 0) is 62.6 Å². The van der Waals surface area contributed by atoms with E-state index >= 15 is 0 Å². The molecule has 33 heavy (non-hydrogen) atoms. The van der Waals surface area contributed by atoms with Crippen molar-refractivity contribution in [3.8, 4) is 17.2 Å². The van der Waals surface area contributed by atoms with Crippen LogP contribution >= 0.6 is 0 Å². The van der Waals surface area contributed by atoms with E-state index in [2.05, 4.69) is 15.5 Å². The highest BCUT2D eigenvalue weighted by molar-refractivity contribution is 7.89. The number of H-pyrrole nitrogens is 1.